The average molecular weight is 374 g/mol. The number of benzene rings is 1. The first-order valence-electron chi connectivity index (χ1n) is 6.92. The minimum absolute atomic E-state index is 0.159. The summed E-state index contributed by atoms with van der Waals surface area (Å²) in [6.45, 7) is 0. The van der Waals surface area contributed by atoms with Crippen LogP contribution < -0.4 is 0 Å². The largest absolute Gasteiger partial charge is 0.378 e. The molecule has 0 spiro atoms. The van der Waals surface area contributed by atoms with E-state index in [1.54, 1.807) is 30.5 Å². The lowest BCUT2D eigenvalue weighted by Crippen LogP contribution is -2.31. The Balaban J connectivity index is 2.08. The summed E-state index contributed by atoms with van der Waals surface area (Å²) in [5, 5.41) is 11.3. The Labute approximate surface area is 141 Å². The van der Waals surface area contributed by atoms with E-state index in [2.05, 4.69) is 30.9 Å². The van der Waals surface area contributed by atoms with Crippen molar-refractivity contribution in [2.75, 3.05) is 0 Å². The van der Waals surface area contributed by atoms with Gasteiger partial charge in [-0.25, -0.2) is 14.4 Å². The van der Waals surface area contributed by atoms with Crippen molar-refractivity contribution in [1.29, 1.82) is 0 Å². The fraction of sp³-hybridized carbons (Fsp3) is 0.118. The first-order chi connectivity index (χ1) is 11.1. The fourth-order valence-corrected chi connectivity index (χ4v) is 2.65. The van der Waals surface area contributed by atoms with E-state index in [4.69, 9.17) is 0 Å². The first-order valence-corrected chi connectivity index (χ1v) is 7.71. The van der Waals surface area contributed by atoms with Gasteiger partial charge < -0.3 is 5.11 Å². The summed E-state index contributed by atoms with van der Waals surface area (Å²) in [6, 6.07) is 9.65. The molecule has 0 saturated carbocycles. The van der Waals surface area contributed by atoms with Crippen molar-refractivity contribution in [2.24, 2.45) is 0 Å². The second kappa shape index (κ2) is 6.52. The van der Waals surface area contributed by atoms with E-state index in [0.717, 1.165) is 4.47 Å². The lowest BCUT2D eigenvalue weighted by atomic mass is 9.85. The second-order valence-electron chi connectivity index (χ2n) is 5.16. The lowest BCUT2D eigenvalue weighted by molar-refractivity contribution is 0.0756. The highest BCUT2D eigenvalue weighted by atomic mass is 79.9. The lowest BCUT2D eigenvalue weighted by Gasteiger charge is -2.27. The molecule has 0 radical (unpaired) electrons. The minimum atomic E-state index is -1.45. The monoisotopic (exact) mass is 373 g/mol. The Morgan fingerprint density at radius 2 is 1.87 bits per heavy atom. The van der Waals surface area contributed by atoms with E-state index in [0.29, 0.717) is 16.8 Å². The molecule has 0 aliphatic heterocycles. The Morgan fingerprint density at radius 3 is 2.52 bits per heavy atom. The Kier molecular flexibility index (Phi) is 4.45. The summed E-state index contributed by atoms with van der Waals surface area (Å²) in [7, 11) is 0. The van der Waals surface area contributed by atoms with Crippen LogP contribution in [0.1, 0.15) is 16.8 Å². The van der Waals surface area contributed by atoms with Gasteiger partial charge in [0.2, 0.25) is 0 Å². The number of aromatic nitrogens is 3. The zero-order valence-corrected chi connectivity index (χ0v) is 13.6. The normalized spacial score (nSPS) is 13.5. The standard InChI is InChI=1S/C17H13BrFN3O/c18-14-4-5-16(22-10-14)17(23,13-8-20-11-21-9-13)7-12-2-1-3-15(19)6-12/h1-6,8-11,23H,7H2. The van der Waals surface area contributed by atoms with Crippen molar-refractivity contribution in [3.63, 3.8) is 0 Å². The van der Waals surface area contributed by atoms with Crippen LogP contribution in [0.2, 0.25) is 0 Å². The molecule has 0 fully saturated rings. The molecule has 1 N–H and O–H groups in total. The third-order valence-corrected chi connectivity index (χ3v) is 4.01. The Hall–Kier alpha value is -2.18. The van der Waals surface area contributed by atoms with Crippen LogP contribution in [0.4, 0.5) is 4.39 Å². The van der Waals surface area contributed by atoms with Gasteiger partial charge in [-0.15, -0.1) is 0 Å². The zero-order valence-electron chi connectivity index (χ0n) is 12.0. The molecular weight excluding hydrogens is 361 g/mol. The van der Waals surface area contributed by atoms with Crippen LogP contribution in [0.15, 0.2) is 65.8 Å². The molecule has 6 heteroatoms. The summed E-state index contributed by atoms with van der Waals surface area (Å²) in [4.78, 5) is 12.2. The molecule has 116 valence electrons. The van der Waals surface area contributed by atoms with Gasteiger partial charge in [-0.05, 0) is 45.8 Å². The summed E-state index contributed by atoms with van der Waals surface area (Å²) in [6.07, 6.45) is 6.23. The van der Waals surface area contributed by atoms with E-state index in [1.165, 1.54) is 30.9 Å². The summed E-state index contributed by atoms with van der Waals surface area (Å²) >= 11 is 3.33. The molecule has 0 aliphatic rings. The second-order valence-corrected chi connectivity index (χ2v) is 6.07. The number of pyridine rings is 1. The highest BCUT2D eigenvalue weighted by Crippen LogP contribution is 2.32. The number of rotatable bonds is 4. The molecule has 0 amide bonds. The molecule has 4 nitrogen and oxygen atoms in total. The molecule has 0 saturated heterocycles. The van der Waals surface area contributed by atoms with Gasteiger partial charge >= 0.3 is 0 Å². The number of hydrogen-bond acceptors (Lipinski definition) is 4. The summed E-state index contributed by atoms with van der Waals surface area (Å²) < 4.78 is 14.3. The number of hydrogen-bond donors (Lipinski definition) is 1. The molecule has 1 aromatic carbocycles. The van der Waals surface area contributed by atoms with Crippen molar-refractivity contribution in [1.82, 2.24) is 15.0 Å². The highest BCUT2D eigenvalue weighted by Gasteiger charge is 2.34. The van der Waals surface area contributed by atoms with Gasteiger partial charge in [-0.3, -0.25) is 4.98 Å². The molecule has 1 unspecified atom stereocenters. The maximum absolute atomic E-state index is 13.5. The van der Waals surface area contributed by atoms with Gasteiger partial charge in [-0.1, -0.05) is 12.1 Å². The fourth-order valence-electron chi connectivity index (χ4n) is 2.42. The van der Waals surface area contributed by atoms with Crippen LogP contribution in [0.3, 0.4) is 0 Å². The van der Waals surface area contributed by atoms with Crippen LogP contribution in [0.25, 0.3) is 0 Å². The minimum Gasteiger partial charge on any atom is -0.378 e. The average Bonchev–Trinajstić information content (AvgIpc) is 2.56. The van der Waals surface area contributed by atoms with E-state index >= 15 is 0 Å². The first kappa shape index (κ1) is 15.7. The molecule has 0 bridgehead atoms. The SMILES string of the molecule is OC(Cc1cccc(F)c1)(c1cncnc1)c1ccc(Br)cn1. The zero-order chi connectivity index (χ0) is 16.3. The third-order valence-electron chi connectivity index (χ3n) is 3.54. The molecule has 3 aromatic rings. The van der Waals surface area contributed by atoms with Crippen molar-refractivity contribution < 1.29 is 9.50 Å². The van der Waals surface area contributed by atoms with Gasteiger partial charge in [0.25, 0.3) is 0 Å². The Morgan fingerprint density at radius 1 is 1.09 bits per heavy atom. The van der Waals surface area contributed by atoms with Crippen LogP contribution in [-0.4, -0.2) is 20.1 Å². The number of aliphatic hydroxyl groups is 1. The molecule has 2 aromatic heterocycles. The highest BCUT2D eigenvalue weighted by molar-refractivity contribution is 9.10. The Bertz CT molecular complexity index is 798. The van der Waals surface area contributed by atoms with Crippen molar-refractivity contribution in [3.05, 3.63) is 88.4 Å². The van der Waals surface area contributed by atoms with Gasteiger partial charge in [-0.2, -0.15) is 0 Å². The predicted octanol–water partition coefficient (Wildman–Crippen LogP) is 3.25. The van der Waals surface area contributed by atoms with Gasteiger partial charge in [0.05, 0.1) is 5.69 Å². The van der Waals surface area contributed by atoms with Gasteiger partial charge in [0.1, 0.15) is 17.7 Å². The quantitative estimate of drug-likeness (QED) is 0.762. The summed E-state index contributed by atoms with van der Waals surface area (Å²) in [5.74, 6) is -0.349. The van der Waals surface area contributed by atoms with Crippen LogP contribution in [-0.2, 0) is 12.0 Å². The van der Waals surface area contributed by atoms with Crippen molar-refractivity contribution in [3.8, 4) is 0 Å². The molecule has 3 rings (SSSR count). The topological polar surface area (TPSA) is 58.9 Å². The van der Waals surface area contributed by atoms with Crippen LogP contribution >= 0.6 is 15.9 Å². The third kappa shape index (κ3) is 3.43. The number of nitrogens with zero attached hydrogens (tertiary/aromatic N) is 3. The maximum Gasteiger partial charge on any atom is 0.138 e. The van der Waals surface area contributed by atoms with E-state index in [9.17, 15) is 9.50 Å². The van der Waals surface area contributed by atoms with Crippen LogP contribution in [0, 0.1) is 5.82 Å². The molecule has 2 heterocycles. The predicted molar refractivity (Wildman–Crippen MR) is 87.1 cm³/mol. The van der Waals surface area contributed by atoms with Gasteiger partial charge in [0.15, 0.2) is 0 Å². The van der Waals surface area contributed by atoms with Crippen LogP contribution in [0.5, 0.6) is 0 Å². The van der Waals surface area contributed by atoms with E-state index in [-0.39, 0.29) is 12.2 Å². The molecule has 0 aliphatic carbocycles. The van der Waals surface area contributed by atoms with Crippen molar-refractivity contribution in [2.45, 2.75) is 12.0 Å². The van der Waals surface area contributed by atoms with Gasteiger partial charge in [0, 0.05) is 35.0 Å². The summed E-state index contributed by atoms with van der Waals surface area (Å²) in [5.41, 5.74) is 0.148. The van der Waals surface area contributed by atoms with E-state index < -0.39 is 5.60 Å². The molecular formula is C17H13BrFN3O. The smallest absolute Gasteiger partial charge is 0.138 e. The van der Waals surface area contributed by atoms with Crippen molar-refractivity contribution >= 4 is 15.9 Å². The maximum atomic E-state index is 13.5. The molecule has 23 heavy (non-hydrogen) atoms. The van der Waals surface area contributed by atoms with E-state index in [1.807, 2.05) is 0 Å². The number of halogens is 2. The molecule has 1 atom stereocenters.